The number of alkyl carbamates (subject to hydrolysis) is 1. The summed E-state index contributed by atoms with van der Waals surface area (Å²) in [5.41, 5.74) is -0.488. The fourth-order valence-corrected chi connectivity index (χ4v) is 1.89. The molecule has 0 spiro atoms. The molecule has 17 heavy (non-hydrogen) atoms. The molecule has 1 aliphatic rings. The van der Waals surface area contributed by atoms with Crippen molar-refractivity contribution in [3.63, 3.8) is 0 Å². The Bertz CT molecular complexity index is 295. The van der Waals surface area contributed by atoms with E-state index in [0.717, 1.165) is 12.8 Å². The van der Waals surface area contributed by atoms with Crippen molar-refractivity contribution in [1.82, 2.24) is 5.32 Å². The number of hydrogen-bond donors (Lipinski definition) is 1. The molecule has 0 aromatic carbocycles. The minimum Gasteiger partial charge on any atom is -0.462 e. The van der Waals surface area contributed by atoms with E-state index in [1.165, 1.54) is 6.92 Å². The maximum absolute atomic E-state index is 11.5. The second-order valence-electron chi connectivity index (χ2n) is 5.39. The van der Waals surface area contributed by atoms with E-state index in [1.807, 2.05) is 20.8 Å². The van der Waals surface area contributed by atoms with E-state index in [-0.39, 0.29) is 18.1 Å². The molecule has 0 saturated heterocycles. The van der Waals surface area contributed by atoms with Crippen LogP contribution >= 0.6 is 0 Å². The smallest absolute Gasteiger partial charge is 0.407 e. The van der Waals surface area contributed by atoms with Crippen molar-refractivity contribution >= 4 is 12.1 Å². The van der Waals surface area contributed by atoms with E-state index < -0.39 is 11.7 Å². The molecular weight excluding hydrogens is 222 g/mol. The molecule has 0 radical (unpaired) electrons. The molecule has 0 bridgehead atoms. The SMILES string of the molecule is CC(=O)O[C@H]1CC[C@H](NC(=O)OC(C)(C)C)C1. The fourth-order valence-electron chi connectivity index (χ4n) is 1.89. The lowest BCUT2D eigenvalue weighted by Gasteiger charge is -2.21. The molecule has 2 atom stereocenters. The monoisotopic (exact) mass is 243 g/mol. The molecule has 5 nitrogen and oxygen atoms in total. The lowest BCUT2D eigenvalue weighted by atomic mass is 10.2. The molecule has 1 rings (SSSR count). The van der Waals surface area contributed by atoms with Gasteiger partial charge in [0.15, 0.2) is 0 Å². The first kappa shape index (κ1) is 13.8. The molecular formula is C12H21NO4. The average Bonchev–Trinajstić information content (AvgIpc) is 2.46. The number of amides is 1. The number of hydrogen-bond acceptors (Lipinski definition) is 4. The predicted molar refractivity (Wildman–Crippen MR) is 62.6 cm³/mol. The summed E-state index contributed by atoms with van der Waals surface area (Å²) in [5, 5.41) is 2.79. The Morgan fingerprint density at radius 3 is 2.41 bits per heavy atom. The minimum atomic E-state index is -0.488. The van der Waals surface area contributed by atoms with E-state index >= 15 is 0 Å². The average molecular weight is 243 g/mol. The van der Waals surface area contributed by atoms with Crippen molar-refractivity contribution in [3.05, 3.63) is 0 Å². The number of nitrogens with one attached hydrogen (secondary N) is 1. The lowest BCUT2D eigenvalue weighted by molar-refractivity contribution is -0.145. The lowest BCUT2D eigenvalue weighted by Crippen LogP contribution is -2.38. The van der Waals surface area contributed by atoms with Crippen LogP contribution in [-0.4, -0.2) is 29.8 Å². The van der Waals surface area contributed by atoms with Gasteiger partial charge >= 0.3 is 12.1 Å². The van der Waals surface area contributed by atoms with Gasteiger partial charge in [0, 0.05) is 19.4 Å². The molecule has 0 unspecified atom stereocenters. The quantitative estimate of drug-likeness (QED) is 0.753. The molecule has 1 amide bonds. The van der Waals surface area contributed by atoms with Crippen LogP contribution in [0, 0.1) is 0 Å². The summed E-state index contributed by atoms with van der Waals surface area (Å²) in [7, 11) is 0. The highest BCUT2D eigenvalue weighted by atomic mass is 16.6. The Kier molecular flexibility index (Phi) is 4.37. The highest BCUT2D eigenvalue weighted by Crippen LogP contribution is 2.22. The molecule has 1 saturated carbocycles. The van der Waals surface area contributed by atoms with Gasteiger partial charge in [0.25, 0.3) is 0 Å². The summed E-state index contributed by atoms with van der Waals surface area (Å²) in [5.74, 6) is -0.270. The molecule has 1 aliphatic carbocycles. The van der Waals surface area contributed by atoms with Crippen molar-refractivity contribution in [1.29, 1.82) is 0 Å². The van der Waals surface area contributed by atoms with Crippen LogP contribution in [0.5, 0.6) is 0 Å². The molecule has 5 heteroatoms. The Hall–Kier alpha value is -1.26. The number of carbonyl (C=O) groups excluding carboxylic acids is 2. The van der Waals surface area contributed by atoms with Crippen LogP contribution in [0.15, 0.2) is 0 Å². The largest absolute Gasteiger partial charge is 0.462 e. The van der Waals surface area contributed by atoms with Crippen LogP contribution in [0.1, 0.15) is 47.0 Å². The predicted octanol–water partition coefficient (Wildman–Crippen LogP) is 2.00. The summed E-state index contributed by atoms with van der Waals surface area (Å²) < 4.78 is 10.3. The Morgan fingerprint density at radius 2 is 1.88 bits per heavy atom. The number of rotatable bonds is 2. The molecule has 0 heterocycles. The first-order chi connectivity index (χ1) is 7.76. The zero-order valence-corrected chi connectivity index (χ0v) is 10.9. The van der Waals surface area contributed by atoms with E-state index in [9.17, 15) is 9.59 Å². The van der Waals surface area contributed by atoms with Gasteiger partial charge in [-0.3, -0.25) is 4.79 Å². The van der Waals surface area contributed by atoms with Gasteiger partial charge in [0.05, 0.1) is 0 Å². The summed E-state index contributed by atoms with van der Waals surface area (Å²) >= 11 is 0. The van der Waals surface area contributed by atoms with Gasteiger partial charge in [-0.25, -0.2) is 4.79 Å². The first-order valence-electron chi connectivity index (χ1n) is 5.93. The van der Waals surface area contributed by atoms with Crippen LogP contribution < -0.4 is 5.32 Å². The molecule has 1 fully saturated rings. The highest BCUT2D eigenvalue weighted by Gasteiger charge is 2.29. The second-order valence-corrected chi connectivity index (χ2v) is 5.39. The second kappa shape index (κ2) is 5.38. The van der Waals surface area contributed by atoms with Gasteiger partial charge in [-0.2, -0.15) is 0 Å². The van der Waals surface area contributed by atoms with Gasteiger partial charge in [0.1, 0.15) is 11.7 Å². The van der Waals surface area contributed by atoms with Crippen molar-refractivity contribution < 1.29 is 19.1 Å². The van der Waals surface area contributed by atoms with Crippen LogP contribution in [0.25, 0.3) is 0 Å². The number of ether oxygens (including phenoxy) is 2. The first-order valence-corrected chi connectivity index (χ1v) is 5.93. The van der Waals surface area contributed by atoms with Crippen molar-refractivity contribution in [2.24, 2.45) is 0 Å². The van der Waals surface area contributed by atoms with Crippen molar-refractivity contribution in [2.45, 2.75) is 64.7 Å². The van der Waals surface area contributed by atoms with E-state index in [1.54, 1.807) is 0 Å². The third-order valence-corrected chi connectivity index (χ3v) is 2.44. The van der Waals surface area contributed by atoms with Crippen LogP contribution in [0.4, 0.5) is 4.79 Å². The van der Waals surface area contributed by atoms with E-state index in [4.69, 9.17) is 9.47 Å². The Labute approximate surface area is 102 Å². The standard InChI is InChI=1S/C12H21NO4/c1-8(14)16-10-6-5-9(7-10)13-11(15)17-12(2,3)4/h9-10H,5-7H2,1-4H3,(H,13,15)/t9-,10-/m0/s1. The third kappa shape index (κ3) is 5.56. The van der Waals surface area contributed by atoms with Crippen molar-refractivity contribution in [2.75, 3.05) is 0 Å². The Morgan fingerprint density at radius 1 is 1.24 bits per heavy atom. The third-order valence-electron chi connectivity index (χ3n) is 2.44. The van der Waals surface area contributed by atoms with Crippen LogP contribution in [-0.2, 0) is 14.3 Å². The van der Waals surface area contributed by atoms with Gasteiger partial charge < -0.3 is 14.8 Å². The zero-order valence-electron chi connectivity index (χ0n) is 10.9. The minimum absolute atomic E-state index is 0.0363. The maximum Gasteiger partial charge on any atom is 0.407 e. The van der Waals surface area contributed by atoms with Crippen LogP contribution in [0.3, 0.4) is 0 Å². The Balaban J connectivity index is 2.30. The van der Waals surface area contributed by atoms with Gasteiger partial charge in [0.2, 0.25) is 0 Å². The molecule has 1 N–H and O–H groups in total. The summed E-state index contributed by atoms with van der Waals surface area (Å²) in [4.78, 5) is 22.3. The van der Waals surface area contributed by atoms with Crippen molar-refractivity contribution in [3.8, 4) is 0 Å². The molecule has 0 aromatic rings. The summed E-state index contributed by atoms with van der Waals surface area (Å²) in [6.45, 7) is 6.86. The highest BCUT2D eigenvalue weighted by molar-refractivity contribution is 5.68. The van der Waals surface area contributed by atoms with Gasteiger partial charge in [-0.15, -0.1) is 0 Å². The van der Waals surface area contributed by atoms with Gasteiger partial charge in [-0.1, -0.05) is 0 Å². The van der Waals surface area contributed by atoms with E-state index in [2.05, 4.69) is 5.32 Å². The fraction of sp³-hybridized carbons (Fsp3) is 0.833. The number of carbonyl (C=O) groups is 2. The maximum atomic E-state index is 11.5. The van der Waals surface area contributed by atoms with Crippen LogP contribution in [0.2, 0.25) is 0 Å². The number of esters is 1. The topological polar surface area (TPSA) is 64.6 Å². The normalized spacial score (nSPS) is 24.2. The van der Waals surface area contributed by atoms with Gasteiger partial charge in [-0.05, 0) is 33.6 Å². The summed E-state index contributed by atoms with van der Waals surface area (Å²) in [6, 6.07) is 0.0363. The molecule has 0 aliphatic heterocycles. The summed E-state index contributed by atoms with van der Waals surface area (Å²) in [6.07, 6.45) is 1.79. The zero-order chi connectivity index (χ0) is 13.1. The van der Waals surface area contributed by atoms with E-state index in [0.29, 0.717) is 6.42 Å². The molecule has 0 aromatic heterocycles. The molecule has 98 valence electrons.